The molecule has 1 rings (SSSR count). The maximum Gasteiger partial charge on any atom is 0.406 e. The highest BCUT2D eigenvalue weighted by molar-refractivity contribution is 5.94. The van der Waals surface area contributed by atoms with Crippen LogP contribution in [-0.2, 0) is 4.79 Å². The number of amides is 1. The number of carbonyl (C=O) groups excluding carboxylic acids is 1. The lowest BCUT2D eigenvalue weighted by molar-refractivity contribution is -0.157. The van der Waals surface area contributed by atoms with Gasteiger partial charge in [-0.1, -0.05) is 0 Å². The minimum absolute atomic E-state index is 0.149. The normalized spacial score (nSPS) is 18.8. The zero-order chi connectivity index (χ0) is 10.2. The smallest absolute Gasteiger partial charge is 0.406 e. The van der Waals surface area contributed by atoms with Crippen LogP contribution < -0.4 is 0 Å². The van der Waals surface area contributed by atoms with Crippen molar-refractivity contribution in [1.29, 1.82) is 0 Å². The fourth-order valence-electron chi connectivity index (χ4n) is 1.11. The van der Waals surface area contributed by atoms with E-state index >= 15 is 0 Å². The van der Waals surface area contributed by atoms with Crippen LogP contribution in [0, 0.1) is 0 Å². The van der Waals surface area contributed by atoms with Crippen LogP contribution in [0.15, 0.2) is 11.3 Å². The number of rotatable bonds is 1. The second-order valence-electron chi connectivity index (χ2n) is 2.91. The van der Waals surface area contributed by atoms with Crippen LogP contribution in [0.25, 0.3) is 0 Å². The Balaban J connectivity index is 2.66. The van der Waals surface area contributed by atoms with Crippen LogP contribution in [0.2, 0.25) is 0 Å². The SMILES string of the molecule is CC1=C(O)C(=O)N(CC(F)(F)F)C1. The standard InChI is InChI=1S/C7H8F3NO2/c1-4-2-11(3-7(8,9)10)6(13)5(4)12/h12H,2-3H2,1H3. The number of hydrogen-bond acceptors (Lipinski definition) is 2. The number of halogens is 3. The summed E-state index contributed by atoms with van der Waals surface area (Å²) >= 11 is 0. The highest BCUT2D eigenvalue weighted by atomic mass is 19.4. The molecule has 0 aromatic heterocycles. The molecule has 1 heterocycles. The Labute approximate surface area is 72.4 Å². The van der Waals surface area contributed by atoms with Crippen LogP contribution in [-0.4, -0.2) is 35.2 Å². The van der Waals surface area contributed by atoms with Crippen molar-refractivity contribution in [2.75, 3.05) is 13.1 Å². The van der Waals surface area contributed by atoms with Gasteiger partial charge in [-0.05, 0) is 12.5 Å². The van der Waals surface area contributed by atoms with E-state index in [0.29, 0.717) is 4.90 Å². The molecule has 1 aliphatic heterocycles. The molecule has 0 saturated heterocycles. The molecule has 0 aliphatic carbocycles. The molecule has 0 saturated carbocycles. The van der Waals surface area contributed by atoms with Crippen LogP contribution >= 0.6 is 0 Å². The summed E-state index contributed by atoms with van der Waals surface area (Å²) in [6.45, 7) is -0.0407. The quantitative estimate of drug-likeness (QED) is 0.683. The second-order valence-corrected chi connectivity index (χ2v) is 2.91. The van der Waals surface area contributed by atoms with Gasteiger partial charge in [0, 0.05) is 6.54 Å². The van der Waals surface area contributed by atoms with E-state index in [1.54, 1.807) is 0 Å². The van der Waals surface area contributed by atoms with Gasteiger partial charge in [0.2, 0.25) is 0 Å². The van der Waals surface area contributed by atoms with Crippen molar-refractivity contribution in [3.63, 3.8) is 0 Å². The van der Waals surface area contributed by atoms with Gasteiger partial charge >= 0.3 is 6.18 Å². The van der Waals surface area contributed by atoms with E-state index in [-0.39, 0.29) is 12.1 Å². The van der Waals surface area contributed by atoms with Crippen molar-refractivity contribution in [2.24, 2.45) is 0 Å². The molecule has 0 spiro atoms. The summed E-state index contributed by atoms with van der Waals surface area (Å²) in [5, 5.41) is 8.95. The minimum Gasteiger partial charge on any atom is -0.503 e. The molecule has 6 heteroatoms. The number of alkyl halides is 3. The van der Waals surface area contributed by atoms with Gasteiger partial charge in [0.05, 0.1) is 0 Å². The van der Waals surface area contributed by atoms with E-state index in [1.165, 1.54) is 6.92 Å². The lowest BCUT2D eigenvalue weighted by atomic mass is 10.3. The molecule has 0 radical (unpaired) electrons. The number of carbonyl (C=O) groups is 1. The first-order chi connectivity index (χ1) is 5.81. The van der Waals surface area contributed by atoms with Gasteiger partial charge in [0.1, 0.15) is 6.54 Å². The molecule has 0 bridgehead atoms. The molecule has 1 amide bonds. The molecule has 74 valence electrons. The van der Waals surface area contributed by atoms with Crippen LogP contribution in [0.3, 0.4) is 0 Å². The van der Waals surface area contributed by atoms with Gasteiger partial charge in [-0.3, -0.25) is 4.79 Å². The average Bonchev–Trinajstić information content (AvgIpc) is 2.15. The summed E-state index contributed by atoms with van der Waals surface area (Å²) in [4.78, 5) is 11.5. The predicted octanol–water partition coefficient (Wildman–Crippen LogP) is 1.22. The summed E-state index contributed by atoms with van der Waals surface area (Å²) < 4.78 is 35.5. The summed E-state index contributed by atoms with van der Waals surface area (Å²) in [6.07, 6.45) is -4.42. The lowest BCUT2D eigenvalue weighted by Gasteiger charge is -2.17. The highest BCUT2D eigenvalue weighted by Crippen LogP contribution is 2.22. The van der Waals surface area contributed by atoms with Crippen molar-refractivity contribution in [3.8, 4) is 0 Å². The average molecular weight is 195 g/mol. The van der Waals surface area contributed by atoms with Crippen molar-refractivity contribution in [3.05, 3.63) is 11.3 Å². The van der Waals surface area contributed by atoms with Crippen LogP contribution in [0.1, 0.15) is 6.92 Å². The summed E-state index contributed by atoms with van der Waals surface area (Å²) in [6, 6.07) is 0. The third-order valence-electron chi connectivity index (χ3n) is 1.69. The van der Waals surface area contributed by atoms with Crippen molar-refractivity contribution < 1.29 is 23.1 Å². The monoisotopic (exact) mass is 195 g/mol. The van der Waals surface area contributed by atoms with E-state index in [2.05, 4.69) is 0 Å². The van der Waals surface area contributed by atoms with E-state index in [4.69, 9.17) is 5.11 Å². The highest BCUT2D eigenvalue weighted by Gasteiger charge is 2.37. The maximum atomic E-state index is 11.8. The topological polar surface area (TPSA) is 40.5 Å². The third-order valence-corrected chi connectivity index (χ3v) is 1.69. The Morgan fingerprint density at radius 1 is 1.54 bits per heavy atom. The zero-order valence-electron chi connectivity index (χ0n) is 6.85. The van der Waals surface area contributed by atoms with E-state index in [9.17, 15) is 18.0 Å². The predicted molar refractivity (Wildman–Crippen MR) is 38.0 cm³/mol. The molecular formula is C7H8F3NO2. The summed E-state index contributed by atoms with van der Waals surface area (Å²) in [5.41, 5.74) is 0.272. The molecule has 1 aliphatic rings. The van der Waals surface area contributed by atoms with Crippen molar-refractivity contribution in [1.82, 2.24) is 4.90 Å². The van der Waals surface area contributed by atoms with E-state index < -0.39 is 24.4 Å². The van der Waals surface area contributed by atoms with Crippen LogP contribution in [0.4, 0.5) is 13.2 Å². The Hall–Kier alpha value is -1.20. The lowest BCUT2D eigenvalue weighted by Crippen LogP contribution is -2.36. The zero-order valence-corrected chi connectivity index (χ0v) is 6.85. The van der Waals surface area contributed by atoms with E-state index in [1.807, 2.05) is 0 Å². The van der Waals surface area contributed by atoms with Gasteiger partial charge in [-0.15, -0.1) is 0 Å². The molecule has 0 atom stereocenters. The van der Waals surface area contributed by atoms with E-state index in [0.717, 1.165) is 0 Å². The molecule has 1 N–H and O–H groups in total. The molecule has 0 unspecified atom stereocenters. The molecule has 0 aromatic carbocycles. The summed E-state index contributed by atoms with van der Waals surface area (Å²) in [7, 11) is 0. The van der Waals surface area contributed by atoms with Crippen molar-refractivity contribution >= 4 is 5.91 Å². The number of aliphatic hydroxyl groups is 1. The molecular weight excluding hydrogens is 187 g/mol. The van der Waals surface area contributed by atoms with Gasteiger partial charge in [0.25, 0.3) is 5.91 Å². The molecule has 13 heavy (non-hydrogen) atoms. The first-order valence-corrected chi connectivity index (χ1v) is 3.56. The van der Waals surface area contributed by atoms with Gasteiger partial charge < -0.3 is 10.0 Å². The van der Waals surface area contributed by atoms with Gasteiger partial charge in [0.15, 0.2) is 5.76 Å². The Bertz CT molecular complexity index is 269. The van der Waals surface area contributed by atoms with Gasteiger partial charge in [-0.2, -0.15) is 13.2 Å². The van der Waals surface area contributed by atoms with Gasteiger partial charge in [-0.25, -0.2) is 0 Å². The summed E-state index contributed by atoms with van der Waals surface area (Å²) in [5.74, 6) is -1.51. The number of hydrogen-bond donors (Lipinski definition) is 1. The third kappa shape index (κ3) is 2.13. The largest absolute Gasteiger partial charge is 0.503 e. The molecule has 0 fully saturated rings. The minimum atomic E-state index is -4.42. The maximum absolute atomic E-state index is 11.8. The number of nitrogens with zero attached hydrogens (tertiary/aromatic N) is 1. The fourth-order valence-corrected chi connectivity index (χ4v) is 1.11. The molecule has 3 nitrogen and oxygen atoms in total. The first kappa shape index (κ1) is 9.88. The van der Waals surface area contributed by atoms with Crippen molar-refractivity contribution in [2.45, 2.75) is 13.1 Å². The Kier molecular flexibility index (Phi) is 2.23. The van der Waals surface area contributed by atoms with Crippen LogP contribution in [0.5, 0.6) is 0 Å². The second kappa shape index (κ2) is 2.93. The Morgan fingerprint density at radius 2 is 2.08 bits per heavy atom. The first-order valence-electron chi connectivity index (χ1n) is 3.56. The molecule has 0 aromatic rings. The fraction of sp³-hybridized carbons (Fsp3) is 0.571. The Morgan fingerprint density at radius 3 is 2.38 bits per heavy atom. The number of aliphatic hydroxyl groups excluding tert-OH is 1.